The van der Waals surface area contributed by atoms with E-state index in [1.807, 2.05) is 25.1 Å². The van der Waals surface area contributed by atoms with E-state index in [1.165, 1.54) is 5.56 Å². The average molecular weight is 248 g/mol. The third-order valence-electron chi connectivity index (χ3n) is 3.42. The molecule has 0 saturated carbocycles. The zero-order valence-electron chi connectivity index (χ0n) is 11.1. The second-order valence-corrected chi connectivity index (χ2v) is 4.96. The molecule has 3 nitrogen and oxygen atoms in total. The molecule has 1 atom stereocenters. The number of hydrogen-bond acceptors (Lipinski definition) is 3. The molecule has 0 aromatic heterocycles. The largest absolute Gasteiger partial charge is 0.487 e. The summed E-state index contributed by atoms with van der Waals surface area (Å²) in [5, 5.41) is 0. The Morgan fingerprint density at radius 3 is 3.00 bits per heavy atom. The molecule has 1 heterocycles. The van der Waals surface area contributed by atoms with Crippen molar-refractivity contribution < 1.29 is 14.3 Å². The van der Waals surface area contributed by atoms with Gasteiger partial charge in [-0.05, 0) is 44.7 Å². The molecule has 18 heavy (non-hydrogen) atoms. The maximum absolute atomic E-state index is 11.4. The summed E-state index contributed by atoms with van der Waals surface area (Å²) >= 11 is 0. The molecular formula is C15H20O3. The minimum Gasteiger partial charge on any atom is -0.487 e. The Labute approximate surface area is 108 Å². The van der Waals surface area contributed by atoms with Crippen LogP contribution in [0.4, 0.5) is 0 Å². The van der Waals surface area contributed by atoms with Crippen LogP contribution in [0.25, 0.3) is 0 Å². The van der Waals surface area contributed by atoms with E-state index in [1.54, 1.807) is 0 Å². The number of carbonyl (C=O) groups excluding carboxylic acids is 1. The Balaban J connectivity index is 1.96. The van der Waals surface area contributed by atoms with Crippen molar-refractivity contribution in [3.8, 4) is 5.75 Å². The van der Waals surface area contributed by atoms with Crippen molar-refractivity contribution in [2.75, 3.05) is 6.61 Å². The predicted octanol–water partition coefficient (Wildman–Crippen LogP) is 3.11. The lowest BCUT2D eigenvalue weighted by Gasteiger charge is -2.35. The molecule has 0 aliphatic carbocycles. The molecule has 0 fully saturated rings. The molecule has 0 N–H and O–H groups in total. The summed E-state index contributed by atoms with van der Waals surface area (Å²) in [4.78, 5) is 11.4. The van der Waals surface area contributed by atoms with Crippen LogP contribution in [0.5, 0.6) is 5.75 Å². The van der Waals surface area contributed by atoms with Crippen molar-refractivity contribution in [1.29, 1.82) is 0 Å². The van der Waals surface area contributed by atoms with Crippen LogP contribution in [-0.4, -0.2) is 18.2 Å². The van der Waals surface area contributed by atoms with Crippen LogP contribution in [0.3, 0.4) is 0 Å². The molecule has 1 aromatic carbocycles. The summed E-state index contributed by atoms with van der Waals surface area (Å²) in [6.07, 6.45) is 3.09. The van der Waals surface area contributed by atoms with Gasteiger partial charge in [0.25, 0.3) is 0 Å². The molecule has 98 valence electrons. The van der Waals surface area contributed by atoms with Crippen molar-refractivity contribution >= 4 is 5.97 Å². The van der Waals surface area contributed by atoms with E-state index in [-0.39, 0.29) is 11.6 Å². The summed E-state index contributed by atoms with van der Waals surface area (Å²) in [6, 6.07) is 8.11. The Morgan fingerprint density at radius 2 is 2.22 bits per heavy atom. The number of esters is 1. The van der Waals surface area contributed by atoms with Crippen LogP contribution in [0.1, 0.15) is 38.7 Å². The van der Waals surface area contributed by atoms with E-state index in [2.05, 4.69) is 13.0 Å². The smallest absolute Gasteiger partial charge is 0.305 e. The fourth-order valence-corrected chi connectivity index (χ4v) is 2.30. The van der Waals surface area contributed by atoms with Gasteiger partial charge < -0.3 is 9.47 Å². The first kappa shape index (κ1) is 12.9. The first-order valence-electron chi connectivity index (χ1n) is 6.55. The van der Waals surface area contributed by atoms with Gasteiger partial charge in [-0.1, -0.05) is 18.2 Å². The minimum atomic E-state index is -0.249. The summed E-state index contributed by atoms with van der Waals surface area (Å²) in [5.74, 6) is 0.816. The van der Waals surface area contributed by atoms with Crippen molar-refractivity contribution in [2.45, 2.75) is 45.1 Å². The standard InChI is InChI=1S/C15H20O3/c1-3-17-14(16)9-11-15(2)10-8-12-6-4-5-7-13(12)18-15/h4-7H,3,8-11H2,1-2H3. The monoisotopic (exact) mass is 248 g/mol. The van der Waals surface area contributed by atoms with Gasteiger partial charge >= 0.3 is 5.97 Å². The van der Waals surface area contributed by atoms with Gasteiger partial charge in [0.2, 0.25) is 0 Å². The lowest BCUT2D eigenvalue weighted by molar-refractivity contribution is -0.144. The molecule has 3 heteroatoms. The zero-order chi connectivity index (χ0) is 13.0. The number of carbonyl (C=O) groups is 1. The quantitative estimate of drug-likeness (QED) is 0.768. The van der Waals surface area contributed by atoms with Crippen LogP contribution in [0.15, 0.2) is 24.3 Å². The number of ether oxygens (including phenoxy) is 2. The molecule has 2 rings (SSSR count). The number of rotatable bonds is 4. The van der Waals surface area contributed by atoms with Crippen LogP contribution in [0, 0.1) is 0 Å². The Bertz CT molecular complexity index is 428. The summed E-state index contributed by atoms with van der Waals surface area (Å²) in [5.41, 5.74) is 1.01. The number of para-hydroxylation sites is 1. The maximum Gasteiger partial charge on any atom is 0.305 e. The van der Waals surface area contributed by atoms with Gasteiger partial charge in [0.05, 0.1) is 6.61 Å². The van der Waals surface area contributed by atoms with Crippen LogP contribution >= 0.6 is 0 Å². The normalized spacial score (nSPS) is 21.9. The van der Waals surface area contributed by atoms with Gasteiger partial charge in [0, 0.05) is 6.42 Å². The van der Waals surface area contributed by atoms with E-state index < -0.39 is 0 Å². The van der Waals surface area contributed by atoms with Gasteiger partial charge in [-0.2, -0.15) is 0 Å². The number of aryl methyl sites for hydroxylation is 1. The molecule has 0 amide bonds. The topological polar surface area (TPSA) is 35.5 Å². The van der Waals surface area contributed by atoms with Gasteiger partial charge in [-0.25, -0.2) is 0 Å². The summed E-state index contributed by atoms with van der Waals surface area (Å²) in [7, 11) is 0. The van der Waals surface area contributed by atoms with Crippen LogP contribution in [-0.2, 0) is 16.0 Å². The van der Waals surface area contributed by atoms with Gasteiger partial charge in [-0.3, -0.25) is 4.79 Å². The molecule has 1 unspecified atom stereocenters. The second kappa shape index (κ2) is 5.42. The number of benzene rings is 1. The fourth-order valence-electron chi connectivity index (χ4n) is 2.30. The third kappa shape index (κ3) is 3.03. The van der Waals surface area contributed by atoms with E-state index in [4.69, 9.17) is 9.47 Å². The molecule has 0 bridgehead atoms. The van der Waals surface area contributed by atoms with E-state index in [0.717, 1.165) is 18.6 Å². The molecule has 1 aromatic rings. The minimum absolute atomic E-state index is 0.138. The molecule has 0 spiro atoms. The predicted molar refractivity (Wildman–Crippen MR) is 69.7 cm³/mol. The van der Waals surface area contributed by atoms with Crippen LogP contribution < -0.4 is 4.74 Å². The van der Waals surface area contributed by atoms with Crippen molar-refractivity contribution in [3.63, 3.8) is 0 Å². The van der Waals surface area contributed by atoms with Crippen molar-refractivity contribution in [2.24, 2.45) is 0 Å². The lowest BCUT2D eigenvalue weighted by Crippen LogP contribution is -2.36. The highest BCUT2D eigenvalue weighted by Crippen LogP contribution is 2.35. The summed E-state index contributed by atoms with van der Waals surface area (Å²) < 4.78 is 11.0. The van der Waals surface area contributed by atoms with Gasteiger partial charge in [0.15, 0.2) is 0 Å². The third-order valence-corrected chi connectivity index (χ3v) is 3.42. The molecule has 0 saturated heterocycles. The van der Waals surface area contributed by atoms with Gasteiger partial charge in [-0.15, -0.1) is 0 Å². The van der Waals surface area contributed by atoms with E-state index in [9.17, 15) is 4.79 Å². The average Bonchev–Trinajstić information content (AvgIpc) is 2.37. The van der Waals surface area contributed by atoms with Gasteiger partial charge in [0.1, 0.15) is 11.4 Å². The van der Waals surface area contributed by atoms with Crippen LogP contribution in [0.2, 0.25) is 0 Å². The molecule has 1 aliphatic heterocycles. The van der Waals surface area contributed by atoms with E-state index in [0.29, 0.717) is 19.4 Å². The number of fused-ring (bicyclic) bond motifs is 1. The first-order chi connectivity index (χ1) is 8.63. The Morgan fingerprint density at radius 1 is 1.44 bits per heavy atom. The highest BCUT2D eigenvalue weighted by molar-refractivity contribution is 5.69. The highest BCUT2D eigenvalue weighted by atomic mass is 16.5. The summed E-state index contributed by atoms with van der Waals surface area (Å²) in [6.45, 7) is 4.34. The zero-order valence-corrected chi connectivity index (χ0v) is 11.1. The van der Waals surface area contributed by atoms with E-state index >= 15 is 0 Å². The van der Waals surface area contributed by atoms with Crippen molar-refractivity contribution in [3.05, 3.63) is 29.8 Å². The second-order valence-electron chi connectivity index (χ2n) is 4.96. The van der Waals surface area contributed by atoms with Crippen molar-refractivity contribution in [1.82, 2.24) is 0 Å². The molecular weight excluding hydrogens is 228 g/mol. The first-order valence-corrected chi connectivity index (χ1v) is 6.55. The molecule has 1 aliphatic rings. The Hall–Kier alpha value is -1.51. The molecule has 0 radical (unpaired) electrons. The Kier molecular flexibility index (Phi) is 3.90. The fraction of sp³-hybridized carbons (Fsp3) is 0.533. The highest BCUT2D eigenvalue weighted by Gasteiger charge is 2.31. The number of hydrogen-bond donors (Lipinski definition) is 0. The maximum atomic E-state index is 11.4. The SMILES string of the molecule is CCOC(=O)CCC1(C)CCc2ccccc2O1. The lowest BCUT2D eigenvalue weighted by atomic mass is 9.89.